The molecule has 0 fully saturated rings. The van der Waals surface area contributed by atoms with Gasteiger partial charge in [-0.3, -0.25) is 0 Å². The summed E-state index contributed by atoms with van der Waals surface area (Å²) in [6, 6.07) is 27.7. The quantitative estimate of drug-likeness (QED) is 0.439. The Balaban J connectivity index is 1.88. The molecule has 126 valence electrons. The summed E-state index contributed by atoms with van der Waals surface area (Å²) in [6.07, 6.45) is 1.73. The van der Waals surface area contributed by atoms with Crippen LogP contribution in [0.2, 0.25) is 0 Å². The minimum Gasteiger partial charge on any atom is -0.464 e. The zero-order valence-corrected chi connectivity index (χ0v) is 14.9. The molecular formula is C24H20NO+. The van der Waals surface area contributed by atoms with Gasteiger partial charge in [-0.05, 0) is 38.1 Å². The van der Waals surface area contributed by atoms with Crippen LogP contribution in [0.1, 0.15) is 25.1 Å². The number of hydrogen-bond acceptors (Lipinski definition) is 1. The smallest absolute Gasteiger partial charge is 0.219 e. The van der Waals surface area contributed by atoms with Crippen molar-refractivity contribution in [1.82, 2.24) is 0 Å². The Hall–Kier alpha value is -3.13. The van der Waals surface area contributed by atoms with Crippen LogP contribution in [0.25, 0.3) is 28.3 Å². The molecule has 5 rings (SSSR count). The normalized spacial score (nSPS) is 14.1. The number of para-hydroxylation sites is 1. The third-order valence-electron chi connectivity index (χ3n) is 5.40. The first kappa shape index (κ1) is 15.2. The van der Waals surface area contributed by atoms with Crippen molar-refractivity contribution < 1.29 is 8.98 Å². The van der Waals surface area contributed by atoms with E-state index in [4.69, 9.17) is 4.42 Å². The van der Waals surface area contributed by atoms with Gasteiger partial charge in [-0.15, -0.1) is 0 Å². The van der Waals surface area contributed by atoms with E-state index in [9.17, 15) is 0 Å². The summed E-state index contributed by atoms with van der Waals surface area (Å²) in [5.41, 5.74) is 7.34. The highest BCUT2D eigenvalue weighted by molar-refractivity contribution is 5.68. The summed E-state index contributed by atoms with van der Waals surface area (Å²) in [4.78, 5) is 0. The highest BCUT2D eigenvalue weighted by Gasteiger charge is 2.45. The van der Waals surface area contributed by atoms with Crippen molar-refractivity contribution in [3.05, 3.63) is 96.4 Å². The second-order valence-corrected chi connectivity index (χ2v) is 7.34. The molecule has 4 aromatic rings. The summed E-state index contributed by atoms with van der Waals surface area (Å²) in [7, 11) is 0. The third-order valence-corrected chi connectivity index (χ3v) is 5.40. The summed E-state index contributed by atoms with van der Waals surface area (Å²) >= 11 is 0. The Morgan fingerprint density at radius 2 is 1.54 bits per heavy atom. The Morgan fingerprint density at radius 1 is 0.769 bits per heavy atom. The van der Waals surface area contributed by atoms with Crippen LogP contribution >= 0.6 is 0 Å². The fourth-order valence-corrected chi connectivity index (χ4v) is 4.06. The summed E-state index contributed by atoms with van der Waals surface area (Å²) in [6.45, 7) is 4.59. The van der Waals surface area contributed by atoms with Crippen LogP contribution in [-0.2, 0) is 5.41 Å². The van der Waals surface area contributed by atoms with Gasteiger partial charge < -0.3 is 4.42 Å². The molecule has 0 atom stereocenters. The van der Waals surface area contributed by atoms with Crippen molar-refractivity contribution in [3.8, 4) is 28.3 Å². The maximum absolute atomic E-state index is 5.71. The maximum atomic E-state index is 5.71. The van der Waals surface area contributed by atoms with Crippen LogP contribution in [-0.4, -0.2) is 0 Å². The molecule has 2 nitrogen and oxygen atoms in total. The SMILES string of the molecule is CC1(C)c2ccccc2-[n+]2c(-c3ccccc3)cc(-c3ccco3)cc21. The van der Waals surface area contributed by atoms with Gasteiger partial charge in [-0.2, -0.15) is 4.57 Å². The predicted octanol–water partition coefficient (Wildman–Crippen LogP) is 5.53. The molecule has 0 saturated heterocycles. The number of aromatic nitrogens is 1. The molecule has 2 aromatic carbocycles. The first-order valence-electron chi connectivity index (χ1n) is 8.96. The third kappa shape index (κ3) is 2.08. The molecule has 2 aromatic heterocycles. The first-order valence-corrected chi connectivity index (χ1v) is 8.96. The van der Waals surface area contributed by atoms with E-state index in [1.807, 2.05) is 12.1 Å². The van der Waals surface area contributed by atoms with E-state index in [0.29, 0.717) is 0 Å². The number of pyridine rings is 1. The van der Waals surface area contributed by atoms with Gasteiger partial charge in [0, 0.05) is 34.9 Å². The Morgan fingerprint density at radius 3 is 2.31 bits per heavy atom. The van der Waals surface area contributed by atoms with E-state index in [0.717, 1.165) is 11.3 Å². The predicted molar refractivity (Wildman–Crippen MR) is 103 cm³/mol. The van der Waals surface area contributed by atoms with Crippen molar-refractivity contribution in [1.29, 1.82) is 0 Å². The lowest BCUT2D eigenvalue weighted by Crippen LogP contribution is -2.37. The number of furan rings is 1. The molecule has 0 bridgehead atoms. The number of fused-ring (bicyclic) bond motifs is 3. The Labute approximate surface area is 153 Å². The second kappa shape index (κ2) is 5.43. The molecule has 1 aliphatic heterocycles. The molecule has 0 aliphatic carbocycles. The first-order chi connectivity index (χ1) is 12.7. The van der Waals surface area contributed by atoms with Crippen LogP contribution in [0, 0.1) is 0 Å². The van der Waals surface area contributed by atoms with Crippen LogP contribution in [0.4, 0.5) is 0 Å². The van der Waals surface area contributed by atoms with Crippen LogP contribution in [0.15, 0.2) is 89.5 Å². The molecule has 0 N–H and O–H groups in total. The monoisotopic (exact) mass is 338 g/mol. The minimum absolute atomic E-state index is 0.0667. The van der Waals surface area contributed by atoms with Gasteiger partial charge in [-0.25, -0.2) is 0 Å². The van der Waals surface area contributed by atoms with E-state index in [1.54, 1.807) is 6.26 Å². The molecule has 26 heavy (non-hydrogen) atoms. The van der Waals surface area contributed by atoms with E-state index in [2.05, 4.69) is 85.1 Å². The molecule has 2 heteroatoms. The van der Waals surface area contributed by atoms with Gasteiger partial charge in [-0.1, -0.05) is 36.4 Å². The van der Waals surface area contributed by atoms with Crippen LogP contribution in [0.5, 0.6) is 0 Å². The molecular weight excluding hydrogens is 318 g/mol. The van der Waals surface area contributed by atoms with Gasteiger partial charge in [0.25, 0.3) is 0 Å². The topological polar surface area (TPSA) is 17.0 Å². The van der Waals surface area contributed by atoms with Gasteiger partial charge in [0.2, 0.25) is 11.4 Å². The van der Waals surface area contributed by atoms with Crippen molar-refractivity contribution in [2.45, 2.75) is 19.3 Å². The standard InChI is InChI=1S/C24H20NO/c1-24(2)19-11-6-7-12-20(19)25-21(17-9-4-3-5-10-17)15-18(16-23(24)25)22-13-8-14-26-22/h3-16H,1-2H3/q+1. The lowest BCUT2D eigenvalue weighted by atomic mass is 9.83. The lowest BCUT2D eigenvalue weighted by molar-refractivity contribution is -0.588. The fraction of sp³-hybridized carbons (Fsp3) is 0.125. The van der Waals surface area contributed by atoms with Gasteiger partial charge in [0.15, 0.2) is 5.69 Å². The van der Waals surface area contributed by atoms with E-state index in [-0.39, 0.29) is 5.41 Å². The molecule has 0 amide bonds. The van der Waals surface area contributed by atoms with Crippen molar-refractivity contribution in [2.75, 3.05) is 0 Å². The van der Waals surface area contributed by atoms with E-state index >= 15 is 0 Å². The van der Waals surface area contributed by atoms with Gasteiger partial charge in [0.1, 0.15) is 5.76 Å². The molecule has 1 aliphatic rings. The van der Waals surface area contributed by atoms with Gasteiger partial charge in [0.05, 0.1) is 11.7 Å². The molecule has 0 unspecified atom stereocenters. The summed E-state index contributed by atoms with van der Waals surface area (Å²) in [5, 5.41) is 0. The van der Waals surface area contributed by atoms with E-state index < -0.39 is 0 Å². The number of nitrogens with zero attached hydrogens (tertiary/aromatic N) is 1. The molecule has 3 heterocycles. The number of benzene rings is 2. The molecule has 0 radical (unpaired) electrons. The highest BCUT2D eigenvalue weighted by Crippen LogP contribution is 2.41. The average Bonchev–Trinajstić information content (AvgIpc) is 3.29. The average molecular weight is 338 g/mol. The van der Waals surface area contributed by atoms with Crippen molar-refractivity contribution in [2.24, 2.45) is 0 Å². The molecule has 0 spiro atoms. The Bertz CT molecular complexity index is 1090. The zero-order valence-electron chi connectivity index (χ0n) is 14.9. The van der Waals surface area contributed by atoms with E-state index in [1.165, 1.54) is 28.2 Å². The van der Waals surface area contributed by atoms with Crippen molar-refractivity contribution in [3.63, 3.8) is 0 Å². The van der Waals surface area contributed by atoms with Crippen LogP contribution in [0.3, 0.4) is 0 Å². The summed E-state index contributed by atoms with van der Waals surface area (Å²) in [5.74, 6) is 0.900. The fourth-order valence-electron chi connectivity index (χ4n) is 4.06. The number of rotatable bonds is 2. The van der Waals surface area contributed by atoms with Crippen LogP contribution < -0.4 is 4.57 Å². The van der Waals surface area contributed by atoms with Gasteiger partial charge >= 0.3 is 0 Å². The highest BCUT2D eigenvalue weighted by atomic mass is 16.3. The van der Waals surface area contributed by atoms with Crippen molar-refractivity contribution >= 4 is 0 Å². The maximum Gasteiger partial charge on any atom is 0.219 e. The zero-order chi connectivity index (χ0) is 17.7. The second-order valence-electron chi connectivity index (χ2n) is 7.34. The number of hydrogen-bond donors (Lipinski definition) is 0. The minimum atomic E-state index is -0.0667. The lowest BCUT2D eigenvalue weighted by Gasteiger charge is -2.15. The Kier molecular flexibility index (Phi) is 3.17. The summed E-state index contributed by atoms with van der Waals surface area (Å²) < 4.78 is 8.11. The molecule has 0 saturated carbocycles. The largest absolute Gasteiger partial charge is 0.464 e.